The number of anilines is 1. The molecule has 0 bridgehead atoms. The molecule has 4 nitrogen and oxygen atoms in total. The first kappa shape index (κ1) is 20.9. The van der Waals surface area contributed by atoms with E-state index in [4.69, 9.17) is 4.37 Å². The zero-order valence-electron chi connectivity index (χ0n) is 19.0. The molecule has 1 fully saturated rings. The molecule has 1 atom stereocenters. The highest BCUT2D eigenvalue weighted by Gasteiger charge is 2.38. The molecule has 1 aromatic heterocycles. The van der Waals surface area contributed by atoms with Crippen LogP contribution in [-0.4, -0.2) is 54.6 Å². The fourth-order valence-corrected chi connectivity index (χ4v) is 6.20. The summed E-state index contributed by atoms with van der Waals surface area (Å²) in [5.41, 5.74) is 4.79. The van der Waals surface area contributed by atoms with Crippen molar-refractivity contribution in [3.8, 4) is 0 Å². The Hall–Kier alpha value is -1.95. The van der Waals surface area contributed by atoms with E-state index in [1.54, 1.807) is 17.1 Å². The van der Waals surface area contributed by atoms with Gasteiger partial charge in [0.1, 0.15) is 5.82 Å². The van der Waals surface area contributed by atoms with Gasteiger partial charge in [0, 0.05) is 49.6 Å². The van der Waals surface area contributed by atoms with Crippen LogP contribution in [0.1, 0.15) is 37.5 Å². The maximum atomic E-state index is 4.75. The van der Waals surface area contributed by atoms with Crippen LogP contribution >= 0.6 is 11.5 Å². The Morgan fingerprint density at radius 3 is 2.71 bits per heavy atom. The molecule has 2 heterocycles. The second-order valence-electron chi connectivity index (χ2n) is 9.61. The van der Waals surface area contributed by atoms with Crippen LogP contribution < -0.4 is 10.2 Å². The first-order valence-corrected chi connectivity index (χ1v) is 12.5. The first-order valence-electron chi connectivity index (χ1n) is 11.7. The number of hydrogen-bond donors (Lipinski definition) is 1. The number of hydrogen-bond acceptors (Lipinski definition) is 5. The van der Waals surface area contributed by atoms with Crippen LogP contribution in [-0.2, 0) is 18.3 Å². The summed E-state index contributed by atoms with van der Waals surface area (Å²) in [5.74, 6) is 1.18. The van der Waals surface area contributed by atoms with Gasteiger partial charge in [-0.2, -0.15) is 4.37 Å². The SMILES string of the molecule is CCNC1Cc2cc(CCN3CCN(c4nsc5ccccc45)CC3)ccc2C1(C)C. The Bertz CT molecular complexity index is 1050. The molecule has 164 valence electrons. The fraction of sp³-hybridized carbons (Fsp3) is 0.500. The van der Waals surface area contributed by atoms with E-state index in [2.05, 4.69) is 78.4 Å². The van der Waals surface area contributed by atoms with E-state index in [1.165, 1.54) is 27.0 Å². The number of fused-ring (bicyclic) bond motifs is 2. The third kappa shape index (κ3) is 3.99. The van der Waals surface area contributed by atoms with E-state index in [0.717, 1.165) is 52.1 Å². The quantitative estimate of drug-likeness (QED) is 0.620. The summed E-state index contributed by atoms with van der Waals surface area (Å²) < 4.78 is 6.03. The minimum Gasteiger partial charge on any atom is -0.353 e. The van der Waals surface area contributed by atoms with E-state index in [1.807, 2.05) is 0 Å². The molecule has 1 aliphatic carbocycles. The smallest absolute Gasteiger partial charge is 0.150 e. The van der Waals surface area contributed by atoms with Crippen molar-refractivity contribution >= 4 is 27.4 Å². The third-order valence-electron chi connectivity index (χ3n) is 7.36. The minimum absolute atomic E-state index is 0.222. The average molecular weight is 435 g/mol. The summed E-state index contributed by atoms with van der Waals surface area (Å²) >= 11 is 1.62. The Kier molecular flexibility index (Phi) is 5.76. The van der Waals surface area contributed by atoms with Gasteiger partial charge in [0.05, 0.1) is 4.70 Å². The van der Waals surface area contributed by atoms with Gasteiger partial charge in [-0.1, -0.05) is 51.1 Å². The summed E-state index contributed by atoms with van der Waals surface area (Å²) in [7, 11) is 0. The predicted octanol–water partition coefficient (Wildman–Crippen LogP) is 4.47. The van der Waals surface area contributed by atoms with Crippen molar-refractivity contribution in [3.05, 3.63) is 59.2 Å². The highest BCUT2D eigenvalue weighted by atomic mass is 32.1. The van der Waals surface area contributed by atoms with Gasteiger partial charge >= 0.3 is 0 Å². The van der Waals surface area contributed by atoms with Crippen LogP contribution in [0.3, 0.4) is 0 Å². The molecule has 1 saturated heterocycles. The van der Waals surface area contributed by atoms with Gasteiger partial charge in [-0.05, 0) is 59.7 Å². The molecular formula is C26H34N4S. The van der Waals surface area contributed by atoms with Gasteiger partial charge < -0.3 is 10.2 Å². The number of nitrogens with one attached hydrogen (secondary N) is 1. The topological polar surface area (TPSA) is 31.4 Å². The number of piperazine rings is 1. The van der Waals surface area contributed by atoms with E-state index < -0.39 is 0 Å². The zero-order chi connectivity index (χ0) is 21.4. The normalized spacial score (nSPS) is 21.0. The van der Waals surface area contributed by atoms with Crippen molar-refractivity contribution < 1.29 is 0 Å². The molecule has 3 aromatic rings. The van der Waals surface area contributed by atoms with E-state index >= 15 is 0 Å². The summed E-state index contributed by atoms with van der Waals surface area (Å²) in [6.45, 7) is 13.5. The third-order valence-corrected chi connectivity index (χ3v) is 8.17. The summed E-state index contributed by atoms with van der Waals surface area (Å²) in [6, 6.07) is 16.4. The van der Waals surface area contributed by atoms with Gasteiger partial charge in [-0.15, -0.1) is 0 Å². The molecule has 31 heavy (non-hydrogen) atoms. The summed E-state index contributed by atoms with van der Waals surface area (Å²) in [4.78, 5) is 5.08. The predicted molar refractivity (Wildman–Crippen MR) is 133 cm³/mol. The van der Waals surface area contributed by atoms with Gasteiger partial charge in [-0.3, -0.25) is 4.90 Å². The van der Waals surface area contributed by atoms with Crippen molar-refractivity contribution in [1.82, 2.24) is 14.6 Å². The molecule has 1 aliphatic heterocycles. The minimum atomic E-state index is 0.222. The summed E-state index contributed by atoms with van der Waals surface area (Å²) in [6.07, 6.45) is 2.30. The molecular weight excluding hydrogens is 400 g/mol. The van der Waals surface area contributed by atoms with Crippen molar-refractivity contribution in [2.24, 2.45) is 0 Å². The number of rotatable bonds is 6. The van der Waals surface area contributed by atoms with Crippen LogP contribution in [0.2, 0.25) is 0 Å². The molecule has 0 radical (unpaired) electrons. The molecule has 1 N–H and O–H groups in total. The number of likely N-dealkylation sites (N-methyl/N-ethyl adjacent to an activating group) is 1. The van der Waals surface area contributed by atoms with Crippen molar-refractivity contribution in [3.63, 3.8) is 0 Å². The zero-order valence-corrected chi connectivity index (χ0v) is 19.8. The lowest BCUT2D eigenvalue weighted by atomic mass is 9.83. The fourth-order valence-electron chi connectivity index (χ4n) is 5.41. The average Bonchev–Trinajstić information content (AvgIpc) is 3.32. The molecule has 0 saturated carbocycles. The monoisotopic (exact) mass is 434 g/mol. The Morgan fingerprint density at radius 2 is 1.90 bits per heavy atom. The van der Waals surface area contributed by atoms with Gasteiger partial charge in [-0.25, -0.2) is 0 Å². The number of nitrogens with zero attached hydrogens (tertiary/aromatic N) is 3. The van der Waals surface area contributed by atoms with Crippen molar-refractivity contribution in [2.45, 2.75) is 45.1 Å². The summed E-state index contributed by atoms with van der Waals surface area (Å²) in [5, 5.41) is 5.00. The largest absolute Gasteiger partial charge is 0.353 e. The van der Waals surface area contributed by atoms with Crippen LogP contribution in [0.25, 0.3) is 10.1 Å². The molecule has 5 heteroatoms. The number of aromatic nitrogens is 1. The van der Waals surface area contributed by atoms with E-state index in [-0.39, 0.29) is 5.41 Å². The molecule has 0 spiro atoms. The Morgan fingerprint density at radius 1 is 1.10 bits per heavy atom. The van der Waals surface area contributed by atoms with Crippen LogP contribution in [0.4, 0.5) is 5.82 Å². The molecule has 1 unspecified atom stereocenters. The van der Waals surface area contributed by atoms with Crippen LogP contribution in [0, 0.1) is 0 Å². The van der Waals surface area contributed by atoms with Crippen molar-refractivity contribution in [1.29, 1.82) is 0 Å². The van der Waals surface area contributed by atoms with E-state index in [0.29, 0.717) is 6.04 Å². The molecule has 2 aliphatic rings. The van der Waals surface area contributed by atoms with Crippen LogP contribution in [0.15, 0.2) is 42.5 Å². The van der Waals surface area contributed by atoms with Crippen molar-refractivity contribution in [2.75, 3.05) is 44.2 Å². The maximum absolute atomic E-state index is 4.75. The molecule has 2 aromatic carbocycles. The highest BCUT2D eigenvalue weighted by molar-refractivity contribution is 7.13. The lowest BCUT2D eigenvalue weighted by Gasteiger charge is -2.35. The second-order valence-corrected chi connectivity index (χ2v) is 10.4. The Balaban J connectivity index is 1.18. The highest BCUT2D eigenvalue weighted by Crippen LogP contribution is 2.39. The molecule has 5 rings (SSSR count). The van der Waals surface area contributed by atoms with Gasteiger partial charge in [0.2, 0.25) is 0 Å². The maximum Gasteiger partial charge on any atom is 0.150 e. The Labute approximate surface area is 190 Å². The number of benzene rings is 2. The van der Waals surface area contributed by atoms with Gasteiger partial charge in [0.25, 0.3) is 0 Å². The lowest BCUT2D eigenvalue weighted by Crippen LogP contribution is -2.47. The van der Waals surface area contributed by atoms with Crippen LogP contribution in [0.5, 0.6) is 0 Å². The standard InChI is InChI=1S/C26H34N4S/c1-4-27-24-18-20-17-19(9-10-22(20)26(24,2)3)11-12-29-13-15-30(16-14-29)25-21-7-5-6-8-23(21)31-28-25/h5-10,17,24,27H,4,11-16,18H2,1-3H3. The van der Waals surface area contributed by atoms with E-state index in [9.17, 15) is 0 Å². The lowest BCUT2D eigenvalue weighted by molar-refractivity contribution is 0.260. The first-order chi connectivity index (χ1) is 15.1. The second kappa shape index (κ2) is 8.53. The van der Waals surface area contributed by atoms with Gasteiger partial charge in [0.15, 0.2) is 0 Å². The molecule has 0 amide bonds.